The lowest BCUT2D eigenvalue weighted by Crippen LogP contribution is -2.50. The minimum atomic E-state index is -3.93. The fraction of sp³-hybridized carbons (Fsp3) is 0.618. The molecule has 2 saturated carbocycles. The van der Waals surface area contributed by atoms with Crippen molar-refractivity contribution in [3.05, 3.63) is 58.7 Å². The SMILES string of the molecule is CCC[C@H]1[C@H](C)C/C=C/[C@H](O)[C@@H]2CC[C@H]2CN2C[C@@]3(CCCC4=CC(Cl)=CCC43)COc3ccc(cc32)C(=O)NS1(=O)=O. The second kappa shape index (κ2) is 12.2. The zero-order valence-corrected chi connectivity index (χ0v) is 26.9. The number of benzene rings is 1. The lowest BCUT2D eigenvalue weighted by molar-refractivity contribution is 0.0414. The highest BCUT2D eigenvalue weighted by Crippen LogP contribution is 2.52. The molecule has 43 heavy (non-hydrogen) atoms. The number of aliphatic hydroxyl groups excluding tert-OH is 1. The third-order valence-electron chi connectivity index (χ3n) is 10.8. The lowest BCUT2D eigenvalue weighted by atomic mass is 9.61. The Labute approximate surface area is 261 Å². The van der Waals surface area contributed by atoms with E-state index in [2.05, 4.69) is 21.8 Å². The van der Waals surface area contributed by atoms with Crippen LogP contribution < -0.4 is 14.4 Å². The van der Waals surface area contributed by atoms with Crippen LogP contribution in [-0.2, 0) is 10.0 Å². The number of rotatable bonds is 2. The number of hydrogen-bond acceptors (Lipinski definition) is 6. The van der Waals surface area contributed by atoms with Crippen molar-refractivity contribution in [1.82, 2.24) is 4.72 Å². The summed E-state index contributed by atoms with van der Waals surface area (Å²) >= 11 is 6.44. The van der Waals surface area contributed by atoms with Crippen LogP contribution in [0.1, 0.15) is 82.0 Å². The Morgan fingerprint density at radius 1 is 1.23 bits per heavy atom. The van der Waals surface area contributed by atoms with Crippen LogP contribution in [-0.4, -0.2) is 50.5 Å². The van der Waals surface area contributed by atoms with Crippen LogP contribution in [0.5, 0.6) is 5.75 Å². The Morgan fingerprint density at radius 2 is 2.07 bits per heavy atom. The molecule has 234 valence electrons. The smallest absolute Gasteiger partial charge is 0.264 e. The average Bonchev–Trinajstić information content (AvgIpc) is 3.10. The molecule has 7 atom stereocenters. The highest BCUT2D eigenvalue weighted by atomic mass is 35.5. The lowest BCUT2D eigenvalue weighted by Gasteiger charge is -2.49. The Balaban J connectivity index is 1.39. The molecule has 1 aromatic rings. The fourth-order valence-corrected chi connectivity index (χ4v) is 10.3. The van der Waals surface area contributed by atoms with Crippen LogP contribution in [0.4, 0.5) is 5.69 Å². The summed E-state index contributed by atoms with van der Waals surface area (Å²) in [7, 11) is -3.93. The highest BCUT2D eigenvalue weighted by molar-refractivity contribution is 7.90. The number of amides is 1. The number of halogens is 1. The van der Waals surface area contributed by atoms with Crippen molar-refractivity contribution in [2.75, 3.05) is 24.6 Å². The maximum Gasteiger partial charge on any atom is 0.264 e. The van der Waals surface area contributed by atoms with Crippen LogP contribution in [0, 0.1) is 29.1 Å². The van der Waals surface area contributed by atoms with Crippen molar-refractivity contribution in [3.8, 4) is 5.75 Å². The summed E-state index contributed by atoms with van der Waals surface area (Å²) in [5.41, 5.74) is 2.41. The first-order valence-electron chi connectivity index (χ1n) is 16.1. The van der Waals surface area contributed by atoms with E-state index in [0.29, 0.717) is 49.0 Å². The summed E-state index contributed by atoms with van der Waals surface area (Å²) in [6.07, 6.45) is 15.2. The normalized spacial score (nSPS) is 36.5. The molecule has 0 radical (unpaired) electrons. The molecule has 3 aliphatic carbocycles. The van der Waals surface area contributed by atoms with E-state index in [1.165, 1.54) is 5.57 Å². The van der Waals surface area contributed by atoms with Gasteiger partial charge in [-0.3, -0.25) is 4.79 Å². The molecule has 1 amide bonds. The summed E-state index contributed by atoms with van der Waals surface area (Å²) in [6, 6.07) is 5.31. The van der Waals surface area contributed by atoms with Gasteiger partial charge in [0.1, 0.15) is 5.75 Å². The van der Waals surface area contributed by atoms with E-state index in [0.717, 1.165) is 62.3 Å². The first-order valence-corrected chi connectivity index (χ1v) is 18.0. The number of allylic oxidation sites excluding steroid dienone is 5. The van der Waals surface area contributed by atoms with Gasteiger partial charge in [0.15, 0.2) is 0 Å². The molecule has 1 unspecified atom stereocenters. The summed E-state index contributed by atoms with van der Waals surface area (Å²) in [5, 5.41) is 11.3. The van der Waals surface area contributed by atoms with Gasteiger partial charge in [-0.25, -0.2) is 13.1 Å². The monoisotopic (exact) mass is 628 g/mol. The molecule has 5 aliphatic rings. The van der Waals surface area contributed by atoms with E-state index in [-0.39, 0.29) is 17.3 Å². The minimum Gasteiger partial charge on any atom is -0.491 e. The molecular formula is C34H45ClN2O5S. The number of aliphatic hydroxyl groups is 1. The van der Waals surface area contributed by atoms with E-state index in [1.807, 2.05) is 38.1 Å². The second-order valence-electron chi connectivity index (χ2n) is 13.6. The Kier molecular flexibility index (Phi) is 8.75. The number of sulfonamides is 1. The van der Waals surface area contributed by atoms with Crippen molar-refractivity contribution in [1.29, 1.82) is 0 Å². The molecule has 2 heterocycles. The van der Waals surface area contributed by atoms with Gasteiger partial charge in [-0.05, 0) is 99.3 Å². The van der Waals surface area contributed by atoms with E-state index < -0.39 is 27.3 Å². The molecule has 2 bridgehead atoms. The quantitative estimate of drug-likeness (QED) is 0.371. The van der Waals surface area contributed by atoms with Crippen molar-refractivity contribution >= 4 is 33.2 Å². The number of anilines is 1. The number of ether oxygens (including phenoxy) is 1. The first-order chi connectivity index (χ1) is 20.6. The Bertz CT molecular complexity index is 1440. The number of hydrogen-bond donors (Lipinski definition) is 2. The number of carbonyl (C=O) groups is 1. The van der Waals surface area contributed by atoms with E-state index in [4.69, 9.17) is 16.3 Å². The summed E-state index contributed by atoms with van der Waals surface area (Å²) < 4.78 is 36.0. The van der Waals surface area contributed by atoms with Crippen molar-refractivity contribution in [2.45, 2.75) is 83.0 Å². The predicted molar refractivity (Wildman–Crippen MR) is 171 cm³/mol. The topological polar surface area (TPSA) is 95.9 Å². The predicted octanol–water partition coefficient (Wildman–Crippen LogP) is 6.34. The second-order valence-corrected chi connectivity index (χ2v) is 15.9. The Hall–Kier alpha value is -2.29. The van der Waals surface area contributed by atoms with E-state index in [9.17, 15) is 18.3 Å². The molecule has 6 rings (SSSR count). The van der Waals surface area contributed by atoms with Gasteiger partial charge in [-0.15, -0.1) is 0 Å². The molecule has 2 N–H and O–H groups in total. The molecule has 1 aromatic carbocycles. The summed E-state index contributed by atoms with van der Waals surface area (Å²) in [5.74, 6) is 0.677. The zero-order chi connectivity index (χ0) is 30.4. The maximum atomic E-state index is 13.5. The molecule has 2 fully saturated rings. The first kappa shape index (κ1) is 30.7. The number of nitrogens with zero attached hydrogens (tertiary/aromatic N) is 1. The van der Waals surface area contributed by atoms with Gasteiger partial charge in [0, 0.05) is 29.1 Å². The largest absolute Gasteiger partial charge is 0.491 e. The summed E-state index contributed by atoms with van der Waals surface area (Å²) in [4.78, 5) is 15.9. The van der Waals surface area contributed by atoms with Crippen molar-refractivity contribution < 1.29 is 23.1 Å². The molecule has 7 nitrogen and oxygen atoms in total. The van der Waals surface area contributed by atoms with E-state index in [1.54, 1.807) is 6.07 Å². The third kappa shape index (κ3) is 6.04. The van der Waals surface area contributed by atoms with Crippen LogP contribution >= 0.6 is 11.6 Å². The van der Waals surface area contributed by atoms with Crippen molar-refractivity contribution in [2.24, 2.45) is 29.1 Å². The molecule has 9 heteroatoms. The van der Waals surface area contributed by atoms with Crippen LogP contribution in [0.15, 0.2) is 53.1 Å². The van der Waals surface area contributed by atoms with Crippen LogP contribution in [0.3, 0.4) is 0 Å². The van der Waals surface area contributed by atoms with Gasteiger partial charge in [-0.1, -0.05) is 55.7 Å². The van der Waals surface area contributed by atoms with E-state index >= 15 is 0 Å². The summed E-state index contributed by atoms with van der Waals surface area (Å²) in [6.45, 7) is 5.94. The number of carbonyl (C=O) groups excluding carboxylic acids is 1. The molecule has 0 saturated heterocycles. The molecule has 1 spiro atoms. The van der Waals surface area contributed by atoms with Gasteiger partial charge in [0.25, 0.3) is 5.91 Å². The molecular weight excluding hydrogens is 584 g/mol. The third-order valence-corrected chi connectivity index (χ3v) is 13.1. The van der Waals surface area contributed by atoms with Crippen molar-refractivity contribution in [3.63, 3.8) is 0 Å². The highest BCUT2D eigenvalue weighted by Gasteiger charge is 2.48. The van der Waals surface area contributed by atoms with Crippen LogP contribution in [0.2, 0.25) is 0 Å². The van der Waals surface area contributed by atoms with Crippen LogP contribution in [0.25, 0.3) is 0 Å². The van der Waals surface area contributed by atoms with Gasteiger partial charge in [-0.2, -0.15) is 0 Å². The fourth-order valence-electron chi connectivity index (χ4n) is 8.29. The minimum absolute atomic E-state index is 0.120. The van der Waals surface area contributed by atoms with Gasteiger partial charge >= 0.3 is 0 Å². The molecule has 2 aliphatic heterocycles. The number of fused-ring (bicyclic) bond motifs is 4. The molecule has 0 aromatic heterocycles. The van der Waals surface area contributed by atoms with Gasteiger partial charge in [0.05, 0.1) is 23.6 Å². The maximum absolute atomic E-state index is 13.5. The van der Waals surface area contributed by atoms with Gasteiger partial charge < -0.3 is 14.7 Å². The number of nitrogens with one attached hydrogen (secondary N) is 1. The van der Waals surface area contributed by atoms with Gasteiger partial charge in [0.2, 0.25) is 10.0 Å². The standard InChI is InChI=1S/C34H45ClN2O5S/c1-3-6-32-22(2)7-4-9-30(38)27-13-10-25(27)19-37-20-34(16-5-8-23-17-26(35)12-14-28(23)34)21-42-31-15-11-24(18-29(31)37)33(39)36-43(32,40)41/h4,9,11-12,15,17-18,22,25,27-28,30,32,38H,3,5-8,10,13-14,16,19-21H2,1-2H3,(H,36,39)/b9-4+/t22-,25+,27-,28?,30+,32+,34+/m1/s1. The average molecular weight is 629 g/mol. The zero-order valence-electron chi connectivity index (χ0n) is 25.3. The Morgan fingerprint density at radius 3 is 2.84 bits per heavy atom.